The minimum Gasteiger partial charge on any atom is -0.480 e. The predicted octanol–water partition coefficient (Wildman–Crippen LogP) is 5.34. The van der Waals surface area contributed by atoms with E-state index < -0.39 is 18.2 Å². The molecule has 2 aliphatic heterocycles. The van der Waals surface area contributed by atoms with Crippen LogP contribution in [0.2, 0.25) is 0 Å². The first-order chi connectivity index (χ1) is 19.5. The van der Waals surface area contributed by atoms with E-state index in [4.69, 9.17) is 9.72 Å². The maximum absolute atomic E-state index is 15.4. The second-order valence-electron chi connectivity index (χ2n) is 11.7. The van der Waals surface area contributed by atoms with Gasteiger partial charge in [0.15, 0.2) is 0 Å². The third kappa shape index (κ3) is 5.46. The first kappa shape index (κ1) is 27.1. The number of hydrogen-bond donors (Lipinski definition) is 2. The van der Waals surface area contributed by atoms with Crippen LogP contribution in [0.5, 0.6) is 0 Å². The van der Waals surface area contributed by atoms with Gasteiger partial charge in [-0.25, -0.2) is 9.37 Å². The first-order valence-electron chi connectivity index (χ1n) is 14.8. The standard InChI is InChI=1S/C31H40FN5O3/c1-40-25-16-24(17-25)37-28-21(18-34-37)6-4-9-26(28)29(31(38)39)36-15-13-22(19-36)27(32)10-3-2-8-23-12-11-20-7-5-14-33-30(20)35-23/h4,6,9,11-12,18,22,24-25,27,29H,2-3,5,7-8,10,13-17,19H2,1H3,(H,33,35)(H,38,39)/t22-,24-,25-,27-,29-/m1/s1. The van der Waals surface area contributed by atoms with E-state index in [2.05, 4.69) is 22.5 Å². The number of pyridine rings is 1. The third-order valence-corrected chi connectivity index (χ3v) is 9.17. The third-order valence-electron chi connectivity index (χ3n) is 9.17. The number of hydrogen-bond acceptors (Lipinski definition) is 6. The van der Waals surface area contributed by atoms with Gasteiger partial charge in [-0.05, 0) is 69.5 Å². The number of benzene rings is 1. The van der Waals surface area contributed by atoms with Crippen LogP contribution in [0.25, 0.3) is 10.9 Å². The number of nitrogens with zero attached hydrogens (tertiary/aromatic N) is 4. The van der Waals surface area contributed by atoms with Gasteiger partial charge in [0.25, 0.3) is 0 Å². The van der Waals surface area contributed by atoms with Crippen molar-refractivity contribution in [3.63, 3.8) is 0 Å². The minimum absolute atomic E-state index is 0.147. The van der Waals surface area contributed by atoms with Crippen LogP contribution >= 0.6 is 0 Å². The second-order valence-corrected chi connectivity index (χ2v) is 11.7. The average Bonchev–Trinajstić information content (AvgIpc) is 3.59. The van der Waals surface area contributed by atoms with Crippen molar-refractivity contribution in [1.82, 2.24) is 19.7 Å². The summed E-state index contributed by atoms with van der Waals surface area (Å²) in [6.45, 7) is 2.01. The highest BCUT2D eigenvalue weighted by Gasteiger charge is 2.39. The Labute approximate surface area is 234 Å². The number of nitrogens with one attached hydrogen (secondary N) is 1. The number of fused-ring (bicyclic) bond motifs is 2. The Kier molecular flexibility index (Phi) is 8.03. The summed E-state index contributed by atoms with van der Waals surface area (Å²) in [5.41, 5.74) is 3.97. The Morgan fingerprint density at radius 1 is 1.25 bits per heavy atom. The summed E-state index contributed by atoms with van der Waals surface area (Å²) in [4.78, 5) is 19.3. The topological polar surface area (TPSA) is 92.5 Å². The summed E-state index contributed by atoms with van der Waals surface area (Å²) in [6.07, 6.45) is 8.80. The van der Waals surface area contributed by atoms with E-state index in [1.54, 1.807) is 7.11 Å². The zero-order valence-electron chi connectivity index (χ0n) is 23.3. The zero-order valence-corrected chi connectivity index (χ0v) is 23.3. The minimum atomic E-state index is -0.931. The first-order valence-corrected chi connectivity index (χ1v) is 14.8. The van der Waals surface area contributed by atoms with E-state index in [9.17, 15) is 9.90 Å². The molecule has 2 N–H and O–H groups in total. The average molecular weight is 550 g/mol. The SMILES string of the molecule is CO[C@H]1C[C@H](n2ncc3cccc([C@H](C(=O)O)N4CC[C@@H]([C@H](F)CCCCc5ccc6c(n5)NCCC6)C4)c32)C1. The van der Waals surface area contributed by atoms with Gasteiger partial charge in [0.1, 0.15) is 18.0 Å². The Bertz CT molecular complexity index is 1340. The van der Waals surface area contributed by atoms with E-state index >= 15 is 4.39 Å². The number of aryl methyl sites for hydroxylation is 2. The van der Waals surface area contributed by atoms with Gasteiger partial charge in [-0.3, -0.25) is 14.4 Å². The Morgan fingerprint density at radius 2 is 2.12 bits per heavy atom. The van der Waals surface area contributed by atoms with Gasteiger partial charge in [0.05, 0.1) is 23.9 Å². The Morgan fingerprint density at radius 3 is 2.95 bits per heavy atom. The highest BCUT2D eigenvalue weighted by atomic mass is 19.1. The van der Waals surface area contributed by atoms with Crippen molar-refractivity contribution in [2.45, 2.75) is 82.1 Å². The number of ether oxygens (including phenoxy) is 1. The van der Waals surface area contributed by atoms with Crippen molar-refractivity contribution in [1.29, 1.82) is 0 Å². The number of carboxylic acids is 1. The lowest BCUT2D eigenvalue weighted by atomic mass is 9.89. The lowest BCUT2D eigenvalue weighted by molar-refractivity contribution is -0.143. The van der Waals surface area contributed by atoms with Crippen molar-refractivity contribution in [3.8, 4) is 0 Å². The molecule has 9 heteroatoms. The zero-order chi connectivity index (χ0) is 27.6. The molecule has 1 saturated carbocycles. The van der Waals surface area contributed by atoms with Crippen LogP contribution in [-0.4, -0.2) is 69.8 Å². The van der Waals surface area contributed by atoms with Crippen LogP contribution in [0.1, 0.15) is 73.9 Å². The molecule has 40 heavy (non-hydrogen) atoms. The molecule has 3 aliphatic rings. The lowest BCUT2D eigenvalue weighted by Gasteiger charge is -2.35. The van der Waals surface area contributed by atoms with Crippen molar-refractivity contribution in [2.24, 2.45) is 5.92 Å². The number of anilines is 1. The summed E-state index contributed by atoms with van der Waals surface area (Å²) >= 11 is 0. The van der Waals surface area contributed by atoms with Crippen LogP contribution in [0.3, 0.4) is 0 Å². The normalized spacial score (nSPS) is 24.3. The quantitative estimate of drug-likeness (QED) is 0.312. The summed E-state index contributed by atoms with van der Waals surface area (Å²) in [6, 6.07) is 9.43. The van der Waals surface area contributed by atoms with Crippen LogP contribution in [0.15, 0.2) is 36.5 Å². The molecule has 0 amide bonds. The molecule has 6 rings (SSSR count). The van der Waals surface area contributed by atoms with Gasteiger partial charge in [-0.1, -0.05) is 30.7 Å². The van der Waals surface area contributed by atoms with Gasteiger partial charge < -0.3 is 15.2 Å². The Hall–Kier alpha value is -3.04. The number of alkyl halides is 1. The largest absolute Gasteiger partial charge is 0.480 e. The van der Waals surface area contributed by atoms with Crippen molar-refractivity contribution >= 4 is 22.7 Å². The fraction of sp³-hybridized carbons (Fsp3) is 0.581. The molecular formula is C31H40FN5O3. The predicted molar refractivity (Wildman–Crippen MR) is 152 cm³/mol. The number of halogens is 1. The van der Waals surface area contributed by atoms with Crippen LogP contribution < -0.4 is 5.32 Å². The highest BCUT2D eigenvalue weighted by molar-refractivity contribution is 5.88. The van der Waals surface area contributed by atoms with E-state index in [-0.39, 0.29) is 18.1 Å². The van der Waals surface area contributed by atoms with Gasteiger partial charge in [0.2, 0.25) is 0 Å². The molecule has 3 aromatic rings. The van der Waals surface area contributed by atoms with Gasteiger partial charge in [0, 0.05) is 42.8 Å². The Balaban J connectivity index is 1.07. The van der Waals surface area contributed by atoms with E-state index in [1.807, 2.05) is 34.0 Å². The summed E-state index contributed by atoms with van der Waals surface area (Å²) in [5.74, 6) is -0.0328. The summed E-state index contributed by atoms with van der Waals surface area (Å²) in [5, 5.41) is 19.3. The number of carbonyl (C=O) groups is 1. The van der Waals surface area contributed by atoms with Crippen molar-refractivity contribution < 1.29 is 19.0 Å². The molecule has 2 fully saturated rings. The van der Waals surface area contributed by atoms with E-state index in [0.29, 0.717) is 25.9 Å². The fourth-order valence-corrected chi connectivity index (χ4v) is 6.78. The highest BCUT2D eigenvalue weighted by Crippen LogP contribution is 2.39. The molecule has 4 heterocycles. The molecule has 1 saturated heterocycles. The smallest absolute Gasteiger partial charge is 0.325 e. The molecule has 1 aliphatic carbocycles. The number of unbranched alkanes of at least 4 members (excludes halogenated alkanes) is 1. The molecule has 0 spiro atoms. The molecule has 0 radical (unpaired) electrons. The number of rotatable bonds is 11. The lowest BCUT2D eigenvalue weighted by Crippen LogP contribution is -2.35. The van der Waals surface area contributed by atoms with Crippen molar-refractivity contribution in [3.05, 3.63) is 53.3 Å². The maximum Gasteiger partial charge on any atom is 0.325 e. The van der Waals surface area contributed by atoms with Crippen LogP contribution in [0.4, 0.5) is 10.2 Å². The summed E-state index contributed by atoms with van der Waals surface area (Å²) < 4.78 is 22.8. The molecule has 1 aromatic carbocycles. The molecule has 0 unspecified atom stereocenters. The number of aromatic nitrogens is 3. The maximum atomic E-state index is 15.4. The summed E-state index contributed by atoms with van der Waals surface area (Å²) in [7, 11) is 1.72. The number of para-hydroxylation sites is 1. The second kappa shape index (κ2) is 11.8. The molecular weight excluding hydrogens is 509 g/mol. The number of aliphatic carboxylic acids is 1. The molecule has 3 atom stereocenters. The van der Waals surface area contributed by atoms with Crippen LogP contribution in [-0.2, 0) is 22.4 Å². The molecule has 8 nitrogen and oxygen atoms in total. The number of methoxy groups -OCH3 is 1. The molecule has 2 aromatic heterocycles. The monoisotopic (exact) mass is 549 g/mol. The number of likely N-dealkylation sites (tertiary alicyclic amines) is 1. The molecule has 214 valence electrons. The van der Waals surface area contributed by atoms with E-state index in [1.165, 1.54) is 5.56 Å². The fourth-order valence-electron chi connectivity index (χ4n) is 6.78. The van der Waals surface area contributed by atoms with Gasteiger partial charge >= 0.3 is 5.97 Å². The van der Waals surface area contributed by atoms with E-state index in [0.717, 1.165) is 79.5 Å². The van der Waals surface area contributed by atoms with Gasteiger partial charge in [-0.15, -0.1) is 0 Å². The van der Waals surface area contributed by atoms with Crippen LogP contribution in [0, 0.1) is 5.92 Å². The van der Waals surface area contributed by atoms with Gasteiger partial charge in [-0.2, -0.15) is 5.10 Å². The molecule has 0 bridgehead atoms. The number of carboxylic acid groups (broad SMARTS) is 1. The van der Waals surface area contributed by atoms with Crippen molar-refractivity contribution in [2.75, 3.05) is 32.1 Å².